The van der Waals surface area contributed by atoms with Gasteiger partial charge in [0.2, 0.25) is 5.88 Å². The minimum absolute atomic E-state index is 0.0423. The molecule has 0 fully saturated rings. The summed E-state index contributed by atoms with van der Waals surface area (Å²) in [6.07, 6.45) is -0.929. The van der Waals surface area contributed by atoms with Gasteiger partial charge in [0.1, 0.15) is 11.6 Å². The number of rotatable bonds is 5. The van der Waals surface area contributed by atoms with Gasteiger partial charge in [0.25, 0.3) is 11.5 Å². The van der Waals surface area contributed by atoms with Crippen molar-refractivity contribution in [3.63, 3.8) is 0 Å². The van der Waals surface area contributed by atoms with Crippen molar-refractivity contribution in [3.05, 3.63) is 82.7 Å². The number of anilines is 1. The van der Waals surface area contributed by atoms with Crippen molar-refractivity contribution in [1.29, 1.82) is 0 Å². The highest BCUT2D eigenvalue weighted by Gasteiger charge is 2.16. The van der Waals surface area contributed by atoms with E-state index < -0.39 is 29.2 Å². The molecule has 1 amide bonds. The molecule has 0 bridgehead atoms. The van der Waals surface area contributed by atoms with Crippen LogP contribution in [0.4, 0.5) is 14.5 Å². The van der Waals surface area contributed by atoms with Crippen molar-refractivity contribution in [3.8, 4) is 11.6 Å². The van der Waals surface area contributed by atoms with Crippen LogP contribution in [0.15, 0.2) is 65.5 Å². The van der Waals surface area contributed by atoms with Gasteiger partial charge >= 0.3 is 0 Å². The number of carbonyl (C=O) groups excluding carboxylic acids is 1. The molecule has 1 heterocycles. The van der Waals surface area contributed by atoms with Gasteiger partial charge in [-0.3, -0.25) is 9.59 Å². The topological polar surface area (TPSA) is 73.2 Å². The second-order valence-electron chi connectivity index (χ2n) is 5.65. The summed E-state index contributed by atoms with van der Waals surface area (Å²) in [6.45, 7) is 1.51. The van der Waals surface area contributed by atoms with Crippen LogP contribution in [-0.4, -0.2) is 21.8 Å². The summed E-state index contributed by atoms with van der Waals surface area (Å²) in [7, 11) is 0. The first-order valence-corrected chi connectivity index (χ1v) is 8.02. The number of carbonyl (C=O) groups is 1. The lowest BCUT2D eigenvalue weighted by Gasteiger charge is -2.15. The standard InChI is InChI=1S/C19H15F2N3O3/c1-12(19(26)22-15-6-2-13(20)3-7-15)27-17-10-11-18(25)24(23-17)16-8-4-14(21)5-9-16/h2-12H,1H3,(H,22,26). The molecule has 2 aromatic carbocycles. The first-order valence-electron chi connectivity index (χ1n) is 8.02. The van der Waals surface area contributed by atoms with Crippen molar-refractivity contribution in [2.45, 2.75) is 13.0 Å². The molecule has 1 aromatic heterocycles. The molecule has 1 N–H and O–H groups in total. The number of nitrogens with zero attached hydrogens (tertiary/aromatic N) is 2. The average Bonchev–Trinajstić information content (AvgIpc) is 2.66. The molecule has 6 nitrogen and oxygen atoms in total. The molecule has 3 aromatic rings. The molecule has 0 saturated carbocycles. The van der Waals surface area contributed by atoms with Gasteiger partial charge in [-0.1, -0.05) is 0 Å². The number of amides is 1. The van der Waals surface area contributed by atoms with E-state index in [4.69, 9.17) is 4.74 Å². The molecular weight excluding hydrogens is 356 g/mol. The zero-order valence-electron chi connectivity index (χ0n) is 14.2. The fourth-order valence-corrected chi connectivity index (χ4v) is 2.24. The Balaban J connectivity index is 1.74. The molecule has 0 aliphatic carbocycles. The Morgan fingerprint density at radius 2 is 1.59 bits per heavy atom. The van der Waals surface area contributed by atoms with Crippen LogP contribution in [0.25, 0.3) is 5.69 Å². The Morgan fingerprint density at radius 3 is 2.22 bits per heavy atom. The van der Waals surface area contributed by atoms with Crippen LogP contribution < -0.4 is 15.6 Å². The van der Waals surface area contributed by atoms with Gasteiger partial charge in [0, 0.05) is 17.8 Å². The Morgan fingerprint density at radius 1 is 1.00 bits per heavy atom. The third-order valence-corrected chi connectivity index (χ3v) is 3.63. The van der Waals surface area contributed by atoms with Crippen molar-refractivity contribution in [1.82, 2.24) is 9.78 Å². The summed E-state index contributed by atoms with van der Waals surface area (Å²) in [5, 5.41) is 6.63. The molecule has 8 heteroatoms. The van der Waals surface area contributed by atoms with Gasteiger partial charge in [-0.25, -0.2) is 8.78 Å². The minimum Gasteiger partial charge on any atom is -0.463 e. The van der Waals surface area contributed by atoms with Crippen LogP contribution in [0.3, 0.4) is 0 Å². The van der Waals surface area contributed by atoms with Gasteiger partial charge in [0.15, 0.2) is 6.10 Å². The third-order valence-electron chi connectivity index (χ3n) is 3.63. The van der Waals surface area contributed by atoms with Crippen LogP contribution in [0.5, 0.6) is 5.88 Å². The molecule has 0 radical (unpaired) electrons. The molecule has 27 heavy (non-hydrogen) atoms. The SMILES string of the molecule is CC(Oc1ccc(=O)n(-c2ccc(F)cc2)n1)C(=O)Nc1ccc(F)cc1. The predicted molar refractivity (Wildman–Crippen MR) is 94.9 cm³/mol. The predicted octanol–water partition coefficient (Wildman–Crippen LogP) is 2.92. The molecule has 0 aliphatic rings. The number of benzene rings is 2. The lowest BCUT2D eigenvalue weighted by molar-refractivity contribution is -0.122. The highest BCUT2D eigenvalue weighted by molar-refractivity contribution is 5.94. The zero-order chi connectivity index (χ0) is 19.4. The second kappa shape index (κ2) is 7.77. The largest absolute Gasteiger partial charge is 0.463 e. The molecule has 3 rings (SSSR count). The molecule has 0 saturated heterocycles. The molecule has 0 aliphatic heterocycles. The van der Waals surface area contributed by atoms with Crippen LogP contribution in [0, 0.1) is 11.6 Å². The summed E-state index contributed by atoms with van der Waals surface area (Å²) < 4.78 is 32.5. The average molecular weight is 371 g/mol. The number of nitrogens with one attached hydrogen (secondary N) is 1. The number of aromatic nitrogens is 2. The Kier molecular flexibility index (Phi) is 5.25. The molecule has 0 spiro atoms. The first-order chi connectivity index (χ1) is 12.9. The van der Waals surface area contributed by atoms with Crippen molar-refractivity contribution >= 4 is 11.6 Å². The monoisotopic (exact) mass is 371 g/mol. The summed E-state index contributed by atoms with van der Waals surface area (Å²) in [5.41, 5.74) is 0.341. The maximum absolute atomic E-state index is 13.0. The van der Waals surface area contributed by atoms with Gasteiger partial charge in [-0.15, -0.1) is 5.10 Å². The number of hydrogen-bond donors (Lipinski definition) is 1. The fourth-order valence-electron chi connectivity index (χ4n) is 2.24. The van der Waals surface area contributed by atoms with Crippen LogP contribution in [0.1, 0.15) is 6.92 Å². The Hall–Kier alpha value is -3.55. The summed E-state index contributed by atoms with van der Waals surface area (Å²) in [5.74, 6) is -1.28. The smallest absolute Gasteiger partial charge is 0.271 e. The third kappa shape index (κ3) is 4.55. The van der Waals surface area contributed by atoms with Gasteiger partial charge in [-0.2, -0.15) is 4.68 Å². The van der Waals surface area contributed by atoms with E-state index in [1.54, 1.807) is 0 Å². The lowest BCUT2D eigenvalue weighted by atomic mass is 10.3. The normalized spacial score (nSPS) is 11.7. The summed E-state index contributed by atoms with van der Waals surface area (Å²) in [6, 6.07) is 13.1. The Labute approximate surface area is 153 Å². The molecule has 138 valence electrons. The first kappa shape index (κ1) is 18.2. The van der Waals surface area contributed by atoms with Crippen LogP contribution in [0.2, 0.25) is 0 Å². The molecule has 1 atom stereocenters. The molecule has 1 unspecified atom stereocenters. The van der Waals surface area contributed by atoms with E-state index in [0.717, 1.165) is 4.68 Å². The van der Waals surface area contributed by atoms with Crippen molar-refractivity contribution < 1.29 is 18.3 Å². The van der Waals surface area contributed by atoms with Crippen molar-refractivity contribution in [2.75, 3.05) is 5.32 Å². The van der Waals surface area contributed by atoms with E-state index in [2.05, 4.69) is 10.4 Å². The zero-order valence-corrected chi connectivity index (χ0v) is 14.2. The quantitative estimate of drug-likeness (QED) is 0.749. The van der Waals surface area contributed by atoms with E-state index in [0.29, 0.717) is 11.4 Å². The maximum Gasteiger partial charge on any atom is 0.271 e. The van der Waals surface area contributed by atoms with E-state index in [-0.39, 0.29) is 5.88 Å². The molecular formula is C19H15F2N3O3. The number of ether oxygens (including phenoxy) is 1. The second-order valence-corrected chi connectivity index (χ2v) is 5.65. The highest BCUT2D eigenvalue weighted by atomic mass is 19.1. The lowest BCUT2D eigenvalue weighted by Crippen LogP contribution is -2.31. The fraction of sp³-hybridized carbons (Fsp3) is 0.105. The van der Waals surface area contributed by atoms with E-state index >= 15 is 0 Å². The van der Waals surface area contributed by atoms with E-state index in [9.17, 15) is 18.4 Å². The van der Waals surface area contributed by atoms with Crippen molar-refractivity contribution in [2.24, 2.45) is 0 Å². The highest BCUT2D eigenvalue weighted by Crippen LogP contribution is 2.12. The summed E-state index contributed by atoms with van der Waals surface area (Å²) in [4.78, 5) is 24.2. The maximum atomic E-state index is 13.0. The summed E-state index contributed by atoms with van der Waals surface area (Å²) >= 11 is 0. The van der Waals surface area contributed by atoms with E-state index in [1.165, 1.54) is 67.6 Å². The van der Waals surface area contributed by atoms with Gasteiger partial charge in [0.05, 0.1) is 5.69 Å². The Bertz CT molecular complexity index is 1000. The van der Waals surface area contributed by atoms with Gasteiger partial charge < -0.3 is 10.1 Å². The minimum atomic E-state index is -0.929. The number of hydrogen-bond acceptors (Lipinski definition) is 4. The van der Waals surface area contributed by atoms with Crippen LogP contribution in [-0.2, 0) is 4.79 Å². The van der Waals surface area contributed by atoms with E-state index in [1.807, 2.05) is 0 Å². The van der Waals surface area contributed by atoms with Crippen LogP contribution >= 0.6 is 0 Å². The number of halogens is 2. The van der Waals surface area contributed by atoms with Gasteiger partial charge in [-0.05, 0) is 55.5 Å².